The van der Waals surface area contributed by atoms with Gasteiger partial charge in [-0.15, -0.1) is 0 Å². The van der Waals surface area contributed by atoms with Crippen LogP contribution in [0.3, 0.4) is 0 Å². The molecule has 1 N–H and O–H groups in total. The lowest BCUT2D eigenvalue weighted by atomic mass is 9.59. The standard InChI is InChI=1S/C16H27NO/c1-12(2)13-7-9-16(11-17,10-8-13)14-5-3-4-6-15(14)18/h12-15,18H,3-10H2,1-2H3. The SMILES string of the molecule is CC(C)C1CCC(C#N)(C2CCCCC2O)CC1. The Morgan fingerprint density at radius 1 is 1.11 bits per heavy atom. The second-order valence-corrected chi connectivity index (χ2v) is 6.81. The summed E-state index contributed by atoms with van der Waals surface area (Å²) in [4.78, 5) is 0. The molecule has 0 spiro atoms. The van der Waals surface area contributed by atoms with Gasteiger partial charge >= 0.3 is 0 Å². The van der Waals surface area contributed by atoms with Gasteiger partial charge in [0, 0.05) is 5.92 Å². The minimum atomic E-state index is -0.228. The molecule has 0 amide bonds. The van der Waals surface area contributed by atoms with Crippen molar-refractivity contribution in [1.82, 2.24) is 0 Å². The summed E-state index contributed by atoms with van der Waals surface area (Å²) in [5.41, 5.74) is -0.217. The molecular weight excluding hydrogens is 222 g/mol. The highest BCUT2D eigenvalue weighted by Gasteiger charge is 2.46. The fourth-order valence-electron chi connectivity index (χ4n) is 4.14. The lowest BCUT2D eigenvalue weighted by molar-refractivity contribution is -0.0137. The van der Waals surface area contributed by atoms with Gasteiger partial charge in [-0.05, 0) is 50.4 Å². The van der Waals surface area contributed by atoms with Gasteiger partial charge in [-0.2, -0.15) is 5.26 Å². The van der Waals surface area contributed by atoms with Gasteiger partial charge in [0.1, 0.15) is 0 Å². The van der Waals surface area contributed by atoms with Crippen LogP contribution in [0.25, 0.3) is 0 Å². The molecule has 2 rings (SSSR count). The molecule has 2 heteroatoms. The van der Waals surface area contributed by atoms with E-state index in [0.717, 1.165) is 43.9 Å². The molecule has 0 aromatic carbocycles. The first kappa shape index (κ1) is 13.9. The maximum absolute atomic E-state index is 10.2. The second kappa shape index (κ2) is 5.61. The zero-order chi connectivity index (χ0) is 13.2. The molecule has 18 heavy (non-hydrogen) atoms. The van der Waals surface area contributed by atoms with Crippen molar-refractivity contribution < 1.29 is 5.11 Å². The maximum Gasteiger partial charge on any atom is 0.0693 e. The van der Waals surface area contributed by atoms with Gasteiger partial charge in [0.2, 0.25) is 0 Å². The van der Waals surface area contributed by atoms with Crippen molar-refractivity contribution in [2.24, 2.45) is 23.2 Å². The van der Waals surface area contributed by atoms with Crippen LogP contribution in [0.15, 0.2) is 0 Å². The Kier molecular flexibility index (Phi) is 4.33. The Morgan fingerprint density at radius 3 is 2.22 bits per heavy atom. The van der Waals surface area contributed by atoms with Crippen molar-refractivity contribution in [2.75, 3.05) is 0 Å². The summed E-state index contributed by atoms with van der Waals surface area (Å²) in [5, 5.41) is 19.9. The number of nitrogens with zero attached hydrogens (tertiary/aromatic N) is 1. The van der Waals surface area contributed by atoms with Crippen LogP contribution in [-0.2, 0) is 0 Å². The number of rotatable bonds is 2. The summed E-state index contributed by atoms with van der Waals surface area (Å²) in [6.07, 6.45) is 8.43. The van der Waals surface area contributed by atoms with Crippen molar-refractivity contribution in [3.05, 3.63) is 0 Å². The normalized spacial score (nSPS) is 41.6. The van der Waals surface area contributed by atoms with E-state index in [4.69, 9.17) is 0 Å². The summed E-state index contributed by atoms with van der Waals surface area (Å²) in [5.74, 6) is 1.76. The largest absolute Gasteiger partial charge is 0.393 e. The van der Waals surface area contributed by atoms with Crippen LogP contribution in [0.4, 0.5) is 0 Å². The Bertz CT molecular complexity index is 310. The zero-order valence-electron chi connectivity index (χ0n) is 11.9. The Balaban J connectivity index is 2.06. The van der Waals surface area contributed by atoms with Crippen LogP contribution in [-0.4, -0.2) is 11.2 Å². The Labute approximate surface area is 111 Å². The van der Waals surface area contributed by atoms with Crippen molar-refractivity contribution in [1.29, 1.82) is 5.26 Å². The molecule has 102 valence electrons. The summed E-state index contributed by atoms with van der Waals surface area (Å²) >= 11 is 0. The molecule has 2 unspecified atom stereocenters. The first-order chi connectivity index (χ1) is 8.59. The van der Waals surface area contributed by atoms with Gasteiger partial charge in [-0.3, -0.25) is 0 Å². The smallest absolute Gasteiger partial charge is 0.0693 e. The minimum Gasteiger partial charge on any atom is -0.393 e. The number of nitriles is 1. The third-order valence-electron chi connectivity index (χ3n) is 5.53. The Morgan fingerprint density at radius 2 is 1.72 bits per heavy atom. The van der Waals surface area contributed by atoms with Crippen LogP contribution < -0.4 is 0 Å². The second-order valence-electron chi connectivity index (χ2n) is 6.81. The van der Waals surface area contributed by atoms with E-state index in [1.165, 1.54) is 19.3 Å². The maximum atomic E-state index is 10.2. The topological polar surface area (TPSA) is 44.0 Å². The van der Waals surface area contributed by atoms with Gasteiger partial charge in [0.25, 0.3) is 0 Å². The molecule has 0 saturated heterocycles. The van der Waals surface area contributed by atoms with Crippen LogP contribution in [0.2, 0.25) is 0 Å². The van der Waals surface area contributed by atoms with Crippen LogP contribution in [0.1, 0.15) is 65.2 Å². The predicted octanol–water partition coefficient (Wildman–Crippen LogP) is 3.89. The zero-order valence-corrected chi connectivity index (χ0v) is 11.9. The monoisotopic (exact) mass is 249 g/mol. The van der Waals surface area contributed by atoms with E-state index in [1.54, 1.807) is 0 Å². The summed E-state index contributed by atoms with van der Waals surface area (Å²) in [7, 11) is 0. The highest BCUT2D eigenvalue weighted by molar-refractivity contribution is 5.07. The molecule has 2 saturated carbocycles. The molecule has 2 aliphatic rings. The van der Waals surface area contributed by atoms with Gasteiger partial charge in [-0.25, -0.2) is 0 Å². The third kappa shape index (κ3) is 2.57. The fraction of sp³-hybridized carbons (Fsp3) is 0.938. The van der Waals surface area contributed by atoms with Crippen LogP contribution >= 0.6 is 0 Å². The molecule has 0 heterocycles. The molecule has 0 radical (unpaired) electrons. The van der Waals surface area contributed by atoms with Gasteiger partial charge < -0.3 is 5.11 Å². The van der Waals surface area contributed by atoms with E-state index in [9.17, 15) is 10.4 Å². The first-order valence-corrected chi connectivity index (χ1v) is 7.68. The summed E-state index contributed by atoms with van der Waals surface area (Å²) in [6, 6.07) is 2.62. The van der Waals surface area contributed by atoms with Crippen molar-refractivity contribution >= 4 is 0 Å². The lowest BCUT2D eigenvalue weighted by Gasteiger charge is -2.45. The number of aliphatic hydroxyl groups excluding tert-OH is 1. The van der Waals surface area contributed by atoms with Gasteiger partial charge in [-0.1, -0.05) is 26.7 Å². The molecule has 2 nitrogen and oxygen atoms in total. The van der Waals surface area contributed by atoms with E-state index in [2.05, 4.69) is 19.9 Å². The molecule has 0 aromatic heterocycles. The van der Waals surface area contributed by atoms with Gasteiger partial charge in [0.15, 0.2) is 0 Å². The van der Waals surface area contributed by atoms with E-state index in [0.29, 0.717) is 0 Å². The molecule has 2 aliphatic carbocycles. The number of hydrogen-bond donors (Lipinski definition) is 1. The van der Waals surface area contributed by atoms with Gasteiger partial charge in [0.05, 0.1) is 17.6 Å². The van der Waals surface area contributed by atoms with E-state index >= 15 is 0 Å². The summed E-state index contributed by atoms with van der Waals surface area (Å²) < 4.78 is 0. The minimum absolute atomic E-state index is 0.217. The van der Waals surface area contributed by atoms with Crippen LogP contribution in [0, 0.1) is 34.5 Å². The highest BCUT2D eigenvalue weighted by atomic mass is 16.3. The van der Waals surface area contributed by atoms with Crippen LogP contribution in [0.5, 0.6) is 0 Å². The lowest BCUT2D eigenvalue weighted by Crippen LogP contribution is -2.42. The molecule has 2 fully saturated rings. The van der Waals surface area contributed by atoms with E-state index < -0.39 is 0 Å². The fourth-order valence-corrected chi connectivity index (χ4v) is 4.14. The Hall–Kier alpha value is -0.550. The molecule has 0 bridgehead atoms. The van der Waals surface area contributed by atoms with Crippen molar-refractivity contribution in [3.8, 4) is 6.07 Å². The third-order valence-corrected chi connectivity index (χ3v) is 5.53. The quantitative estimate of drug-likeness (QED) is 0.806. The van der Waals surface area contributed by atoms with E-state index in [1.807, 2.05) is 0 Å². The number of hydrogen-bond acceptors (Lipinski definition) is 2. The van der Waals surface area contributed by atoms with Crippen molar-refractivity contribution in [3.63, 3.8) is 0 Å². The number of aliphatic hydroxyl groups is 1. The average Bonchev–Trinajstić information content (AvgIpc) is 2.39. The van der Waals surface area contributed by atoms with E-state index in [-0.39, 0.29) is 17.4 Å². The predicted molar refractivity (Wildman–Crippen MR) is 72.8 cm³/mol. The highest BCUT2D eigenvalue weighted by Crippen LogP contribution is 2.50. The molecule has 0 aliphatic heterocycles. The first-order valence-electron chi connectivity index (χ1n) is 7.68. The van der Waals surface area contributed by atoms with Crippen molar-refractivity contribution in [2.45, 2.75) is 71.3 Å². The average molecular weight is 249 g/mol. The molecular formula is C16H27NO. The molecule has 0 aromatic rings. The molecule has 2 atom stereocenters. The summed E-state index contributed by atoms with van der Waals surface area (Å²) in [6.45, 7) is 4.58.